The highest BCUT2D eigenvalue weighted by Gasteiger charge is 2.10. The highest BCUT2D eigenvalue weighted by molar-refractivity contribution is 6.00. The molecule has 2 nitrogen and oxygen atoms in total. The van der Waals surface area contributed by atoms with Gasteiger partial charge in [0.2, 0.25) is 0 Å². The van der Waals surface area contributed by atoms with Gasteiger partial charge < -0.3 is 0 Å². The molecular weight excluding hydrogens is 320 g/mol. The van der Waals surface area contributed by atoms with E-state index in [2.05, 4.69) is 12.1 Å². The number of carbonyl (C=O) groups excluding carboxylic acids is 2. The first kappa shape index (κ1) is 16.2. The quantitative estimate of drug-likeness (QED) is 0.456. The Kier molecular flexibility index (Phi) is 4.32. The fourth-order valence-corrected chi connectivity index (χ4v) is 3.67. The van der Waals surface area contributed by atoms with Gasteiger partial charge in [-0.3, -0.25) is 9.59 Å². The summed E-state index contributed by atoms with van der Waals surface area (Å²) in [5.74, 6) is 0. The van der Waals surface area contributed by atoms with Crippen LogP contribution in [0.2, 0.25) is 0 Å². The molecule has 0 aliphatic rings. The van der Waals surface area contributed by atoms with Gasteiger partial charge >= 0.3 is 0 Å². The first-order valence-electron chi connectivity index (χ1n) is 8.73. The molecule has 0 heterocycles. The second-order valence-electron chi connectivity index (χ2n) is 6.45. The Balaban J connectivity index is 1.72. The van der Waals surface area contributed by atoms with Crippen LogP contribution < -0.4 is 0 Å². The predicted octanol–water partition coefficient (Wildman–Crippen LogP) is 5.40. The van der Waals surface area contributed by atoms with Gasteiger partial charge in [-0.2, -0.15) is 0 Å². The van der Waals surface area contributed by atoms with Gasteiger partial charge in [-0.25, -0.2) is 0 Å². The van der Waals surface area contributed by atoms with Crippen LogP contribution in [-0.2, 0) is 12.8 Å². The molecule has 2 heteroatoms. The molecule has 0 fully saturated rings. The van der Waals surface area contributed by atoms with Crippen LogP contribution >= 0.6 is 0 Å². The lowest BCUT2D eigenvalue weighted by Gasteiger charge is -2.11. The summed E-state index contributed by atoms with van der Waals surface area (Å²) in [7, 11) is 0. The van der Waals surface area contributed by atoms with Crippen LogP contribution in [0.3, 0.4) is 0 Å². The Morgan fingerprint density at radius 2 is 0.962 bits per heavy atom. The zero-order valence-electron chi connectivity index (χ0n) is 14.3. The molecule has 0 unspecified atom stereocenters. The maximum Gasteiger partial charge on any atom is 0.150 e. The molecule has 0 saturated heterocycles. The van der Waals surface area contributed by atoms with E-state index in [9.17, 15) is 9.59 Å². The minimum Gasteiger partial charge on any atom is -0.298 e. The Bertz CT molecular complexity index is 1030. The van der Waals surface area contributed by atoms with Crippen LogP contribution in [0.5, 0.6) is 0 Å². The molecule has 0 atom stereocenters. The van der Waals surface area contributed by atoms with E-state index >= 15 is 0 Å². The Morgan fingerprint density at radius 1 is 0.538 bits per heavy atom. The molecule has 0 spiro atoms. The molecule has 0 bridgehead atoms. The number of hydrogen-bond acceptors (Lipinski definition) is 2. The van der Waals surface area contributed by atoms with Crippen molar-refractivity contribution in [2.75, 3.05) is 0 Å². The molecule has 126 valence electrons. The molecule has 4 rings (SSSR count). The zero-order chi connectivity index (χ0) is 17.9. The topological polar surface area (TPSA) is 34.1 Å². The van der Waals surface area contributed by atoms with Crippen molar-refractivity contribution in [3.8, 4) is 0 Å². The summed E-state index contributed by atoms with van der Waals surface area (Å²) in [6.07, 6.45) is 3.33. The van der Waals surface area contributed by atoms with Crippen LogP contribution in [0.15, 0.2) is 72.8 Å². The third-order valence-electron chi connectivity index (χ3n) is 5.02. The highest BCUT2D eigenvalue weighted by Crippen LogP contribution is 2.25. The van der Waals surface area contributed by atoms with Crippen molar-refractivity contribution in [3.63, 3.8) is 0 Å². The molecule has 0 amide bonds. The highest BCUT2D eigenvalue weighted by atomic mass is 16.1. The number of carbonyl (C=O) groups is 2. The van der Waals surface area contributed by atoms with Crippen molar-refractivity contribution in [3.05, 3.63) is 95.1 Å². The summed E-state index contributed by atoms with van der Waals surface area (Å²) < 4.78 is 0. The van der Waals surface area contributed by atoms with E-state index in [-0.39, 0.29) is 0 Å². The smallest absolute Gasteiger partial charge is 0.150 e. The minimum absolute atomic E-state index is 0.720. The van der Waals surface area contributed by atoms with E-state index in [4.69, 9.17) is 0 Å². The monoisotopic (exact) mass is 338 g/mol. The average Bonchev–Trinajstić information content (AvgIpc) is 2.71. The maximum absolute atomic E-state index is 11.7. The summed E-state index contributed by atoms with van der Waals surface area (Å²) in [4.78, 5) is 23.4. The van der Waals surface area contributed by atoms with Gasteiger partial charge in [0.05, 0.1) is 0 Å². The molecule has 0 N–H and O–H groups in total. The molecule has 0 saturated carbocycles. The molecule has 0 aromatic heterocycles. The number of rotatable bonds is 5. The van der Waals surface area contributed by atoms with Gasteiger partial charge in [0.15, 0.2) is 12.6 Å². The van der Waals surface area contributed by atoms with Gasteiger partial charge in [-0.05, 0) is 45.5 Å². The Morgan fingerprint density at radius 3 is 1.38 bits per heavy atom. The molecule has 26 heavy (non-hydrogen) atoms. The maximum atomic E-state index is 11.7. The van der Waals surface area contributed by atoms with E-state index in [1.54, 1.807) is 0 Å². The minimum atomic E-state index is 0.720. The number of hydrogen-bond donors (Lipinski definition) is 0. The molecule has 0 aliphatic heterocycles. The van der Waals surface area contributed by atoms with E-state index in [1.165, 1.54) is 0 Å². The van der Waals surface area contributed by atoms with Gasteiger partial charge in [0.25, 0.3) is 0 Å². The van der Waals surface area contributed by atoms with E-state index in [1.807, 2.05) is 60.7 Å². The number of benzene rings is 4. The van der Waals surface area contributed by atoms with E-state index in [0.29, 0.717) is 0 Å². The Labute approximate surface area is 152 Å². The number of aldehydes is 2. The third-order valence-corrected chi connectivity index (χ3v) is 5.02. The zero-order valence-corrected chi connectivity index (χ0v) is 14.3. The first-order chi connectivity index (χ1) is 12.8. The molecule has 4 aromatic carbocycles. The molecule has 4 aromatic rings. The van der Waals surface area contributed by atoms with Gasteiger partial charge in [0.1, 0.15) is 0 Å². The predicted molar refractivity (Wildman–Crippen MR) is 106 cm³/mol. The fraction of sp³-hybridized carbons (Fsp3) is 0.0833. The second kappa shape index (κ2) is 6.93. The molecular formula is C24H18O2. The van der Waals surface area contributed by atoms with Gasteiger partial charge in [-0.1, -0.05) is 72.8 Å². The third kappa shape index (κ3) is 2.80. The number of fused-ring (bicyclic) bond motifs is 2. The lowest BCUT2D eigenvalue weighted by molar-refractivity contribution is 0.111. The van der Waals surface area contributed by atoms with Crippen LogP contribution in [0.4, 0.5) is 0 Å². The SMILES string of the molecule is O=Cc1c(CCc2ccc3ccccc3c2C=O)ccc2ccccc12. The van der Waals surface area contributed by atoms with Crippen molar-refractivity contribution in [1.82, 2.24) is 0 Å². The van der Waals surface area contributed by atoms with Crippen molar-refractivity contribution in [2.24, 2.45) is 0 Å². The van der Waals surface area contributed by atoms with Crippen LogP contribution in [-0.4, -0.2) is 12.6 Å². The summed E-state index contributed by atoms with van der Waals surface area (Å²) in [5.41, 5.74) is 3.53. The second-order valence-corrected chi connectivity index (χ2v) is 6.45. The van der Waals surface area contributed by atoms with Crippen molar-refractivity contribution in [2.45, 2.75) is 12.8 Å². The van der Waals surface area contributed by atoms with E-state index < -0.39 is 0 Å². The summed E-state index contributed by atoms with van der Waals surface area (Å²) in [5, 5.41) is 4.10. The summed E-state index contributed by atoms with van der Waals surface area (Å²) >= 11 is 0. The molecule has 0 radical (unpaired) electrons. The van der Waals surface area contributed by atoms with Crippen molar-refractivity contribution < 1.29 is 9.59 Å². The van der Waals surface area contributed by atoms with Crippen LogP contribution in [0.25, 0.3) is 21.5 Å². The normalized spacial score (nSPS) is 10.9. The summed E-state index contributed by atoms with van der Waals surface area (Å²) in [6.45, 7) is 0. The van der Waals surface area contributed by atoms with Crippen molar-refractivity contribution >= 4 is 34.1 Å². The van der Waals surface area contributed by atoms with Crippen molar-refractivity contribution in [1.29, 1.82) is 0 Å². The first-order valence-corrected chi connectivity index (χ1v) is 8.73. The standard InChI is InChI=1S/C24H18O2/c25-15-23-19(11-9-17-5-1-3-7-21(17)23)13-14-20-12-10-18-6-2-4-8-22(18)24(20)16-26/h1-12,15-16H,13-14H2. The average molecular weight is 338 g/mol. The lowest BCUT2D eigenvalue weighted by Crippen LogP contribution is -2.00. The van der Waals surface area contributed by atoms with Crippen LogP contribution in [0.1, 0.15) is 31.8 Å². The van der Waals surface area contributed by atoms with Crippen LogP contribution in [0, 0.1) is 0 Å². The van der Waals surface area contributed by atoms with Gasteiger partial charge in [-0.15, -0.1) is 0 Å². The van der Waals surface area contributed by atoms with Gasteiger partial charge in [0, 0.05) is 11.1 Å². The fourth-order valence-electron chi connectivity index (χ4n) is 3.67. The Hall–Kier alpha value is -3.26. The summed E-state index contributed by atoms with van der Waals surface area (Å²) in [6, 6.07) is 24.0. The lowest BCUT2D eigenvalue weighted by atomic mass is 9.92. The largest absolute Gasteiger partial charge is 0.298 e. The van der Waals surface area contributed by atoms with E-state index in [0.717, 1.165) is 69.2 Å². The number of aryl methyl sites for hydroxylation is 2. The molecule has 0 aliphatic carbocycles.